The number of rotatable bonds is 3. The zero-order valence-corrected chi connectivity index (χ0v) is 12.4. The van der Waals surface area contributed by atoms with Crippen LogP contribution in [0.25, 0.3) is 0 Å². The zero-order valence-electron chi connectivity index (χ0n) is 10.2. The first-order valence-corrected chi connectivity index (χ1v) is 6.75. The molecule has 0 saturated carbocycles. The molecule has 2 aliphatic heterocycles. The molecule has 2 rings (SSSR count). The van der Waals surface area contributed by atoms with Crippen LogP contribution in [-0.2, 0) is 0 Å². The molecular formula is C12H17IN4. The number of fused-ring (bicyclic) bond motifs is 1. The molecule has 0 aromatic rings. The van der Waals surface area contributed by atoms with Gasteiger partial charge in [-0.2, -0.15) is 0 Å². The number of hydrogen-bond acceptors (Lipinski definition) is 4. The van der Waals surface area contributed by atoms with E-state index in [2.05, 4.69) is 54.3 Å². The van der Waals surface area contributed by atoms with Crippen LogP contribution in [0.3, 0.4) is 0 Å². The highest BCUT2D eigenvalue weighted by Crippen LogP contribution is 2.27. The Morgan fingerprint density at radius 1 is 1.71 bits per heavy atom. The highest BCUT2D eigenvalue weighted by atomic mass is 127. The predicted octanol–water partition coefficient (Wildman–Crippen LogP) is 2.44. The lowest BCUT2D eigenvalue weighted by Crippen LogP contribution is -2.43. The molecule has 0 bridgehead atoms. The molecule has 2 unspecified atom stereocenters. The third-order valence-electron chi connectivity index (χ3n) is 3.20. The van der Waals surface area contributed by atoms with E-state index in [0.717, 1.165) is 19.5 Å². The average Bonchev–Trinajstić information content (AvgIpc) is 2.33. The maximum absolute atomic E-state index is 4.71. The van der Waals surface area contributed by atoms with Crippen molar-refractivity contribution in [1.29, 1.82) is 0 Å². The first-order valence-electron chi connectivity index (χ1n) is 5.79. The van der Waals surface area contributed by atoms with Gasteiger partial charge in [0.1, 0.15) is 6.17 Å². The summed E-state index contributed by atoms with van der Waals surface area (Å²) in [7, 11) is 0. The van der Waals surface area contributed by atoms with Crippen molar-refractivity contribution in [1.82, 2.24) is 8.12 Å². The van der Waals surface area contributed by atoms with E-state index in [0.29, 0.717) is 5.92 Å². The molecule has 0 aromatic heterocycles. The summed E-state index contributed by atoms with van der Waals surface area (Å²) in [5.41, 5.74) is 2.42. The number of nitrogens with zero attached hydrogens (tertiary/aromatic N) is 4. The first kappa shape index (κ1) is 12.6. The standard InChI is InChI=1S/C12H17IN4/c1-4-16(13)8-11-7-14-17-6-5-9(2)15-12(17)10(11)3/h4,10,12H,1,5-6,8H2,2-3H3. The summed E-state index contributed by atoms with van der Waals surface area (Å²) in [6.07, 6.45) is 2.98. The van der Waals surface area contributed by atoms with Crippen LogP contribution in [0.4, 0.5) is 0 Å². The van der Waals surface area contributed by atoms with Gasteiger partial charge in [-0.15, -0.1) is 5.10 Å². The van der Waals surface area contributed by atoms with Crippen LogP contribution < -0.4 is 0 Å². The zero-order chi connectivity index (χ0) is 12.4. The van der Waals surface area contributed by atoms with E-state index < -0.39 is 0 Å². The van der Waals surface area contributed by atoms with Gasteiger partial charge in [0.05, 0.1) is 29.4 Å². The van der Waals surface area contributed by atoms with Gasteiger partial charge in [0.25, 0.3) is 0 Å². The summed E-state index contributed by atoms with van der Waals surface area (Å²) in [5, 5.41) is 6.43. The van der Waals surface area contributed by atoms with Gasteiger partial charge in [0.2, 0.25) is 0 Å². The molecule has 2 atom stereocenters. The van der Waals surface area contributed by atoms with Crippen molar-refractivity contribution in [2.24, 2.45) is 16.0 Å². The molecule has 17 heavy (non-hydrogen) atoms. The van der Waals surface area contributed by atoms with E-state index in [1.807, 2.05) is 14.3 Å². The van der Waals surface area contributed by atoms with E-state index in [4.69, 9.17) is 4.99 Å². The molecule has 0 amide bonds. The second-order valence-corrected chi connectivity index (χ2v) is 5.70. The molecule has 2 heterocycles. The van der Waals surface area contributed by atoms with Crippen LogP contribution >= 0.6 is 22.9 Å². The van der Waals surface area contributed by atoms with Crippen molar-refractivity contribution >= 4 is 34.4 Å². The van der Waals surface area contributed by atoms with Gasteiger partial charge in [-0.25, -0.2) is 0 Å². The summed E-state index contributed by atoms with van der Waals surface area (Å²) < 4.78 is 2.02. The molecular weight excluding hydrogens is 327 g/mol. The highest BCUT2D eigenvalue weighted by molar-refractivity contribution is 14.1. The molecule has 0 radical (unpaired) electrons. The van der Waals surface area contributed by atoms with Gasteiger partial charge >= 0.3 is 0 Å². The van der Waals surface area contributed by atoms with Crippen LogP contribution in [0.1, 0.15) is 20.3 Å². The Bertz CT molecular complexity index is 409. The highest BCUT2D eigenvalue weighted by Gasteiger charge is 2.31. The van der Waals surface area contributed by atoms with Gasteiger partial charge in [-0.3, -0.25) is 10.0 Å². The molecule has 92 valence electrons. The molecule has 4 nitrogen and oxygen atoms in total. The fraction of sp³-hybridized carbons (Fsp3) is 0.583. The van der Waals surface area contributed by atoms with Gasteiger partial charge in [-0.05, 0) is 6.92 Å². The lowest BCUT2D eigenvalue weighted by Gasteiger charge is -2.36. The van der Waals surface area contributed by atoms with E-state index in [9.17, 15) is 0 Å². The number of hydrazone groups is 1. The lowest BCUT2D eigenvalue weighted by atomic mass is 9.96. The number of hydrogen-bond donors (Lipinski definition) is 0. The summed E-state index contributed by atoms with van der Waals surface area (Å²) in [5.74, 6) is 3.51. The predicted molar refractivity (Wildman–Crippen MR) is 79.3 cm³/mol. The molecule has 0 fully saturated rings. The first-order chi connectivity index (χ1) is 8.11. The van der Waals surface area contributed by atoms with E-state index in [-0.39, 0.29) is 6.17 Å². The quantitative estimate of drug-likeness (QED) is 0.582. The normalized spacial score (nSPS) is 27.1. The molecule has 0 N–H and O–H groups in total. The van der Waals surface area contributed by atoms with Crippen LogP contribution in [-0.4, -0.2) is 39.0 Å². The van der Waals surface area contributed by atoms with Crippen LogP contribution in [0.15, 0.2) is 28.4 Å². The summed E-state index contributed by atoms with van der Waals surface area (Å²) >= 11 is 2.23. The number of halogens is 1. The third kappa shape index (κ3) is 2.72. The second-order valence-electron chi connectivity index (χ2n) is 4.46. The van der Waals surface area contributed by atoms with Crippen molar-refractivity contribution < 1.29 is 0 Å². The second kappa shape index (κ2) is 5.23. The monoisotopic (exact) mass is 344 g/mol. The Morgan fingerprint density at radius 3 is 3.18 bits per heavy atom. The largest absolute Gasteiger partial charge is 0.317 e. The Kier molecular flexibility index (Phi) is 3.89. The summed E-state index contributed by atoms with van der Waals surface area (Å²) in [6.45, 7) is 9.82. The smallest absolute Gasteiger partial charge is 0.144 e. The Hall–Kier alpha value is -0.810. The molecule has 2 aliphatic rings. The van der Waals surface area contributed by atoms with E-state index in [1.165, 1.54) is 11.3 Å². The van der Waals surface area contributed by atoms with E-state index >= 15 is 0 Å². The maximum Gasteiger partial charge on any atom is 0.144 e. The third-order valence-corrected chi connectivity index (χ3v) is 3.93. The van der Waals surface area contributed by atoms with Crippen molar-refractivity contribution in [3.63, 3.8) is 0 Å². The van der Waals surface area contributed by atoms with Crippen molar-refractivity contribution in [3.8, 4) is 0 Å². The van der Waals surface area contributed by atoms with Crippen molar-refractivity contribution in [3.05, 3.63) is 18.4 Å². The minimum absolute atomic E-state index is 0.162. The van der Waals surface area contributed by atoms with Crippen LogP contribution in [0, 0.1) is 5.92 Å². The molecule has 0 aromatic carbocycles. The fourth-order valence-electron chi connectivity index (χ4n) is 2.06. The average molecular weight is 344 g/mol. The minimum atomic E-state index is 0.162. The van der Waals surface area contributed by atoms with Crippen molar-refractivity contribution in [2.45, 2.75) is 26.4 Å². The van der Waals surface area contributed by atoms with Crippen LogP contribution in [0.5, 0.6) is 0 Å². The maximum atomic E-state index is 4.71. The minimum Gasteiger partial charge on any atom is -0.317 e. The Balaban J connectivity index is 2.20. The van der Waals surface area contributed by atoms with Gasteiger partial charge in [-0.1, -0.05) is 13.5 Å². The Labute approximate surface area is 116 Å². The summed E-state index contributed by atoms with van der Waals surface area (Å²) in [6, 6.07) is 0. The van der Waals surface area contributed by atoms with Gasteiger partial charge in [0, 0.05) is 42.2 Å². The molecule has 0 spiro atoms. The molecule has 5 heteroatoms. The van der Waals surface area contributed by atoms with Gasteiger partial charge in [0.15, 0.2) is 0 Å². The van der Waals surface area contributed by atoms with E-state index in [1.54, 1.807) is 0 Å². The SMILES string of the molecule is C=CN(I)CC1=C=NN2CCC(C)=NC2C1C. The molecule has 0 aliphatic carbocycles. The van der Waals surface area contributed by atoms with Crippen molar-refractivity contribution in [2.75, 3.05) is 13.1 Å². The van der Waals surface area contributed by atoms with Gasteiger partial charge < -0.3 is 3.11 Å². The topological polar surface area (TPSA) is 31.2 Å². The van der Waals surface area contributed by atoms with Crippen LogP contribution in [0.2, 0.25) is 0 Å². The Morgan fingerprint density at radius 2 is 2.47 bits per heavy atom. The fourth-order valence-corrected chi connectivity index (χ4v) is 2.43. The number of aliphatic imine (C=N–C) groups is 1. The lowest BCUT2D eigenvalue weighted by molar-refractivity contribution is 0.162. The molecule has 0 saturated heterocycles. The summed E-state index contributed by atoms with van der Waals surface area (Å²) in [4.78, 5) is 4.71.